The minimum absolute atomic E-state index is 0.566. The Hall–Kier alpha value is -2.13. The molecule has 0 saturated carbocycles. The van der Waals surface area contributed by atoms with Gasteiger partial charge in [-0.25, -0.2) is 9.55 Å². The Morgan fingerprint density at radius 2 is 1.84 bits per heavy atom. The van der Waals surface area contributed by atoms with Crippen molar-refractivity contribution in [1.29, 1.82) is 0 Å². The summed E-state index contributed by atoms with van der Waals surface area (Å²) >= 11 is 5.88. The molecule has 0 radical (unpaired) electrons. The van der Waals surface area contributed by atoms with Gasteiger partial charge in [0.1, 0.15) is 6.54 Å². The third-order valence-corrected chi connectivity index (χ3v) is 3.37. The second-order valence-corrected chi connectivity index (χ2v) is 4.79. The van der Waals surface area contributed by atoms with Gasteiger partial charge in [-0.2, -0.15) is 0 Å². The molecule has 0 amide bonds. The molecule has 1 aromatic heterocycles. The van der Waals surface area contributed by atoms with E-state index in [1.807, 2.05) is 53.1 Å². The third kappa shape index (κ3) is 2.25. The topological polar surface area (TPSA) is 36.7 Å². The van der Waals surface area contributed by atoms with Crippen LogP contribution in [0.5, 0.6) is 0 Å². The zero-order valence-electron chi connectivity index (χ0n) is 10.1. The van der Waals surface area contributed by atoms with Crippen molar-refractivity contribution in [3.8, 4) is 0 Å². The molecule has 0 spiro atoms. The average molecular weight is 272 g/mol. The van der Waals surface area contributed by atoms with Crippen LogP contribution in [0.1, 0.15) is 16.2 Å². The standard InChI is InChI=1S/C15H11ClN2O/c16-12-7-5-11(6-8-12)9-18-14-4-2-1-3-13(14)17-15(18)10-19/h1-8,10H,9H2/p+1. The van der Waals surface area contributed by atoms with Crippen LogP contribution in [0.4, 0.5) is 0 Å². The van der Waals surface area contributed by atoms with Gasteiger partial charge in [-0.1, -0.05) is 35.9 Å². The van der Waals surface area contributed by atoms with Gasteiger partial charge in [-0.15, -0.1) is 0 Å². The van der Waals surface area contributed by atoms with Crippen molar-refractivity contribution in [2.75, 3.05) is 0 Å². The van der Waals surface area contributed by atoms with Gasteiger partial charge < -0.3 is 0 Å². The van der Waals surface area contributed by atoms with E-state index in [9.17, 15) is 4.79 Å². The number of rotatable bonds is 3. The molecule has 1 heterocycles. The molecular formula is C15H12ClN2O+. The van der Waals surface area contributed by atoms with Crippen LogP contribution in [0, 0.1) is 0 Å². The maximum absolute atomic E-state index is 11.2. The Balaban J connectivity index is 2.08. The normalized spacial score (nSPS) is 10.8. The molecule has 3 nitrogen and oxygen atoms in total. The molecule has 0 aliphatic carbocycles. The molecule has 4 heteroatoms. The molecule has 0 saturated heterocycles. The first-order valence-corrected chi connectivity index (χ1v) is 6.36. The highest BCUT2D eigenvalue weighted by molar-refractivity contribution is 6.30. The van der Waals surface area contributed by atoms with E-state index in [-0.39, 0.29) is 0 Å². The Bertz CT molecular complexity index is 731. The van der Waals surface area contributed by atoms with Gasteiger partial charge in [-0.05, 0) is 29.8 Å². The summed E-state index contributed by atoms with van der Waals surface area (Å²) in [6, 6.07) is 15.5. The number of nitrogens with zero attached hydrogens (tertiary/aromatic N) is 1. The smallest absolute Gasteiger partial charge is 0.289 e. The number of imidazole rings is 1. The van der Waals surface area contributed by atoms with E-state index in [0.717, 1.165) is 22.9 Å². The molecular weight excluding hydrogens is 260 g/mol. The molecule has 94 valence electrons. The van der Waals surface area contributed by atoms with Crippen LogP contribution >= 0.6 is 11.6 Å². The van der Waals surface area contributed by atoms with Crippen LogP contribution in [0.3, 0.4) is 0 Å². The van der Waals surface area contributed by atoms with Crippen LogP contribution in [0.2, 0.25) is 5.02 Å². The van der Waals surface area contributed by atoms with Gasteiger partial charge in [0.25, 0.3) is 0 Å². The molecule has 0 aliphatic rings. The number of aromatic nitrogens is 2. The number of nitrogens with one attached hydrogen (secondary N) is 1. The number of fused-ring (bicyclic) bond motifs is 1. The number of halogens is 1. The number of hydrogen-bond acceptors (Lipinski definition) is 1. The molecule has 3 aromatic rings. The van der Waals surface area contributed by atoms with Gasteiger partial charge in [0.05, 0.1) is 0 Å². The number of carbonyl (C=O) groups excluding carboxylic acids is 1. The SMILES string of the molecule is O=Cc1[nH]c2ccccc2[n+]1Cc1ccc(Cl)cc1. The fourth-order valence-electron chi connectivity index (χ4n) is 2.19. The lowest BCUT2D eigenvalue weighted by molar-refractivity contribution is -0.663. The maximum Gasteiger partial charge on any atom is 0.321 e. The minimum Gasteiger partial charge on any atom is -0.289 e. The van der Waals surface area contributed by atoms with Crippen molar-refractivity contribution in [2.45, 2.75) is 6.54 Å². The molecule has 0 atom stereocenters. The summed E-state index contributed by atoms with van der Waals surface area (Å²) in [6.07, 6.45) is 0.843. The van der Waals surface area contributed by atoms with Gasteiger partial charge in [0.2, 0.25) is 6.29 Å². The average Bonchev–Trinajstić information content (AvgIpc) is 2.79. The predicted octanol–water partition coefficient (Wildman–Crippen LogP) is 2.97. The lowest BCUT2D eigenvalue weighted by Gasteiger charge is -2.00. The summed E-state index contributed by atoms with van der Waals surface area (Å²) in [4.78, 5) is 14.3. The van der Waals surface area contributed by atoms with Crippen molar-refractivity contribution >= 4 is 28.9 Å². The first-order chi connectivity index (χ1) is 9.28. The summed E-state index contributed by atoms with van der Waals surface area (Å²) < 4.78 is 1.96. The largest absolute Gasteiger partial charge is 0.321 e. The van der Waals surface area contributed by atoms with Crippen LogP contribution in [0.25, 0.3) is 11.0 Å². The third-order valence-electron chi connectivity index (χ3n) is 3.11. The molecule has 0 unspecified atom stereocenters. The number of H-pyrrole nitrogens is 1. The molecule has 0 bridgehead atoms. The van der Waals surface area contributed by atoms with Crippen LogP contribution in [-0.4, -0.2) is 11.3 Å². The molecule has 0 fully saturated rings. The number of aromatic amines is 1. The highest BCUT2D eigenvalue weighted by Gasteiger charge is 2.17. The van der Waals surface area contributed by atoms with Gasteiger partial charge in [0, 0.05) is 5.02 Å². The quantitative estimate of drug-likeness (QED) is 0.577. The minimum atomic E-state index is 0.566. The zero-order valence-corrected chi connectivity index (χ0v) is 10.9. The summed E-state index contributed by atoms with van der Waals surface area (Å²) in [6.45, 7) is 0.634. The number of para-hydroxylation sites is 2. The van der Waals surface area contributed by atoms with Crippen LogP contribution < -0.4 is 4.57 Å². The second kappa shape index (κ2) is 4.86. The van der Waals surface area contributed by atoms with Crippen LogP contribution in [-0.2, 0) is 6.54 Å². The van der Waals surface area contributed by atoms with Crippen molar-refractivity contribution in [2.24, 2.45) is 0 Å². The molecule has 0 aliphatic heterocycles. The van der Waals surface area contributed by atoms with E-state index >= 15 is 0 Å². The fourth-order valence-corrected chi connectivity index (χ4v) is 2.31. The summed E-state index contributed by atoms with van der Waals surface area (Å²) in [7, 11) is 0. The molecule has 2 aromatic carbocycles. The molecule has 19 heavy (non-hydrogen) atoms. The van der Waals surface area contributed by atoms with E-state index in [4.69, 9.17) is 11.6 Å². The molecule has 1 N–H and O–H groups in total. The highest BCUT2D eigenvalue weighted by atomic mass is 35.5. The van der Waals surface area contributed by atoms with Crippen molar-refractivity contribution in [3.63, 3.8) is 0 Å². The predicted molar refractivity (Wildman–Crippen MR) is 74.4 cm³/mol. The highest BCUT2D eigenvalue weighted by Crippen LogP contribution is 2.12. The monoisotopic (exact) mass is 271 g/mol. The van der Waals surface area contributed by atoms with Gasteiger partial charge in [0.15, 0.2) is 11.0 Å². The Labute approximate surface area is 115 Å². The number of benzene rings is 2. The van der Waals surface area contributed by atoms with Gasteiger partial charge in [-0.3, -0.25) is 4.79 Å². The molecule has 3 rings (SSSR count). The number of aldehydes is 1. The van der Waals surface area contributed by atoms with E-state index in [2.05, 4.69) is 4.98 Å². The summed E-state index contributed by atoms with van der Waals surface area (Å²) in [5.41, 5.74) is 3.07. The second-order valence-electron chi connectivity index (χ2n) is 4.36. The fraction of sp³-hybridized carbons (Fsp3) is 0.0667. The summed E-state index contributed by atoms with van der Waals surface area (Å²) in [5, 5.41) is 0.711. The Morgan fingerprint density at radius 1 is 1.11 bits per heavy atom. The van der Waals surface area contributed by atoms with E-state index in [1.165, 1.54) is 0 Å². The number of carbonyl (C=O) groups is 1. The number of hydrogen-bond donors (Lipinski definition) is 1. The first kappa shape index (κ1) is 11.9. The zero-order chi connectivity index (χ0) is 13.2. The van der Waals surface area contributed by atoms with Crippen molar-refractivity contribution < 1.29 is 9.36 Å². The van der Waals surface area contributed by atoms with E-state index < -0.39 is 0 Å². The lowest BCUT2D eigenvalue weighted by atomic mass is 10.2. The first-order valence-electron chi connectivity index (χ1n) is 5.98. The van der Waals surface area contributed by atoms with E-state index in [1.54, 1.807) is 0 Å². The van der Waals surface area contributed by atoms with Crippen LogP contribution in [0.15, 0.2) is 48.5 Å². The van der Waals surface area contributed by atoms with Crippen molar-refractivity contribution in [1.82, 2.24) is 4.98 Å². The maximum atomic E-state index is 11.2. The van der Waals surface area contributed by atoms with E-state index in [0.29, 0.717) is 17.4 Å². The van der Waals surface area contributed by atoms with Crippen molar-refractivity contribution in [3.05, 3.63) is 64.9 Å². The lowest BCUT2D eigenvalue weighted by Crippen LogP contribution is -2.37. The Morgan fingerprint density at radius 3 is 2.58 bits per heavy atom. The van der Waals surface area contributed by atoms with Gasteiger partial charge >= 0.3 is 5.82 Å². The Kier molecular flexibility index (Phi) is 3.05. The summed E-state index contributed by atoms with van der Waals surface area (Å²) in [5.74, 6) is 0.566.